The quantitative estimate of drug-likeness (QED) is 0.780. The number of aryl methyl sites for hydroxylation is 2. The fourth-order valence-corrected chi connectivity index (χ4v) is 2.74. The van der Waals surface area contributed by atoms with E-state index in [4.69, 9.17) is 4.42 Å². The Morgan fingerprint density at radius 1 is 1.19 bits per heavy atom. The molecule has 0 aliphatic rings. The van der Waals surface area contributed by atoms with Crippen LogP contribution in [0.25, 0.3) is 11.0 Å². The van der Waals surface area contributed by atoms with Gasteiger partial charge in [-0.15, -0.1) is 0 Å². The number of hydrogen-bond donors (Lipinski definition) is 1. The Labute approximate surface area is 125 Å². The third-order valence-electron chi connectivity index (χ3n) is 3.81. The Morgan fingerprint density at radius 3 is 2.76 bits per heavy atom. The standard InChI is InChI=1S/C18H20N2O/c1-4-19-17(15-9-6-10-20-13(15)3)16-11-14-8-5-7-12(2)18(14)21-16/h5-11,17,19H,4H2,1-3H3. The molecule has 0 saturated carbocycles. The highest BCUT2D eigenvalue weighted by Gasteiger charge is 2.20. The average molecular weight is 280 g/mol. The molecule has 2 heterocycles. The smallest absolute Gasteiger partial charge is 0.137 e. The lowest BCUT2D eigenvalue weighted by Crippen LogP contribution is -2.22. The van der Waals surface area contributed by atoms with E-state index in [1.165, 1.54) is 0 Å². The maximum absolute atomic E-state index is 6.13. The number of para-hydroxylation sites is 1. The largest absolute Gasteiger partial charge is 0.459 e. The molecule has 0 aliphatic carbocycles. The van der Waals surface area contributed by atoms with Crippen molar-refractivity contribution in [2.75, 3.05) is 6.54 Å². The summed E-state index contributed by atoms with van der Waals surface area (Å²) in [4.78, 5) is 4.40. The first-order chi connectivity index (χ1) is 10.2. The third-order valence-corrected chi connectivity index (χ3v) is 3.81. The number of hydrogen-bond acceptors (Lipinski definition) is 3. The SMILES string of the molecule is CCNC(c1cc2cccc(C)c2o1)c1cccnc1C. The van der Waals surface area contributed by atoms with Crippen LogP contribution in [0.15, 0.2) is 47.0 Å². The first-order valence-corrected chi connectivity index (χ1v) is 7.34. The Morgan fingerprint density at radius 2 is 2.05 bits per heavy atom. The van der Waals surface area contributed by atoms with E-state index >= 15 is 0 Å². The molecule has 1 N–H and O–H groups in total. The number of fused-ring (bicyclic) bond motifs is 1. The lowest BCUT2D eigenvalue weighted by molar-refractivity contribution is 0.474. The number of nitrogens with one attached hydrogen (secondary N) is 1. The molecule has 2 aromatic heterocycles. The van der Waals surface area contributed by atoms with Gasteiger partial charge in [-0.1, -0.05) is 31.2 Å². The maximum atomic E-state index is 6.13. The molecule has 0 saturated heterocycles. The minimum Gasteiger partial charge on any atom is -0.459 e. The molecule has 0 fully saturated rings. The van der Waals surface area contributed by atoms with E-state index in [1.54, 1.807) is 0 Å². The highest BCUT2D eigenvalue weighted by atomic mass is 16.3. The predicted molar refractivity (Wildman–Crippen MR) is 85.4 cm³/mol. The molecule has 3 rings (SSSR count). The van der Waals surface area contributed by atoms with E-state index in [2.05, 4.69) is 54.5 Å². The highest BCUT2D eigenvalue weighted by Crippen LogP contribution is 2.30. The molecule has 3 heteroatoms. The van der Waals surface area contributed by atoms with E-state index in [-0.39, 0.29) is 6.04 Å². The Hall–Kier alpha value is -2.13. The monoisotopic (exact) mass is 280 g/mol. The molecule has 0 aliphatic heterocycles. The summed E-state index contributed by atoms with van der Waals surface area (Å²) < 4.78 is 6.13. The first kappa shape index (κ1) is 13.8. The zero-order valence-corrected chi connectivity index (χ0v) is 12.7. The van der Waals surface area contributed by atoms with Gasteiger partial charge in [-0.3, -0.25) is 4.98 Å². The van der Waals surface area contributed by atoms with Gasteiger partial charge in [0, 0.05) is 17.3 Å². The van der Waals surface area contributed by atoms with Crippen molar-refractivity contribution in [1.29, 1.82) is 0 Å². The Bertz CT molecular complexity index is 761. The van der Waals surface area contributed by atoms with Crippen LogP contribution in [-0.4, -0.2) is 11.5 Å². The second-order valence-corrected chi connectivity index (χ2v) is 5.31. The topological polar surface area (TPSA) is 38.1 Å². The van der Waals surface area contributed by atoms with Crippen LogP contribution in [0.1, 0.15) is 35.5 Å². The summed E-state index contributed by atoms with van der Waals surface area (Å²) in [5.41, 5.74) is 4.32. The van der Waals surface area contributed by atoms with E-state index in [1.807, 2.05) is 19.2 Å². The molecule has 0 spiro atoms. The van der Waals surface area contributed by atoms with Gasteiger partial charge in [0.1, 0.15) is 11.3 Å². The van der Waals surface area contributed by atoms with E-state index in [0.29, 0.717) is 0 Å². The molecule has 3 nitrogen and oxygen atoms in total. The fraction of sp³-hybridized carbons (Fsp3) is 0.278. The van der Waals surface area contributed by atoms with Crippen LogP contribution in [0.2, 0.25) is 0 Å². The predicted octanol–water partition coefficient (Wildman–Crippen LogP) is 4.14. The molecule has 1 aromatic carbocycles. The lowest BCUT2D eigenvalue weighted by atomic mass is 10.0. The molecular formula is C18H20N2O. The first-order valence-electron chi connectivity index (χ1n) is 7.34. The van der Waals surface area contributed by atoms with Gasteiger partial charge in [-0.2, -0.15) is 0 Å². The molecule has 0 bridgehead atoms. The molecule has 108 valence electrons. The number of aromatic nitrogens is 1. The number of nitrogens with zero attached hydrogens (tertiary/aromatic N) is 1. The summed E-state index contributed by atoms with van der Waals surface area (Å²) in [6, 6.07) is 12.5. The molecule has 3 aromatic rings. The van der Waals surface area contributed by atoms with Gasteiger partial charge in [0.2, 0.25) is 0 Å². The maximum Gasteiger partial charge on any atom is 0.137 e. The second-order valence-electron chi connectivity index (χ2n) is 5.31. The lowest BCUT2D eigenvalue weighted by Gasteiger charge is -2.17. The molecule has 1 atom stereocenters. The van der Waals surface area contributed by atoms with Crippen molar-refractivity contribution in [2.45, 2.75) is 26.8 Å². The molecular weight excluding hydrogens is 260 g/mol. The van der Waals surface area contributed by atoms with Crippen molar-refractivity contribution in [3.63, 3.8) is 0 Å². The molecule has 0 radical (unpaired) electrons. The van der Waals surface area contributed by atoms with Crippen molar-refractivity contribution >= 4 is 11.0 Å². The van der Waals surface area contributed by atoms with E-state index in [0.717, 1.165) is 40.1 Å². The molecule has 0 amide bonds. The zero-order chi connectivity index (χ0) is 14.8. The minimum atomic E-state index is 0.0375. The highest BCUT2D eigenvalue weighted by molar-refractivity contribution is 5.81. The van der Waals surface area contributed by atoms with Crippen LogP contribution in [0.5, 0.6) is 0 Å². The number of pyridine rings is 1. The number of benzene rings is 1. The van der Waals surface area contributed by atoms with Crippen molar-refractivity contribution in [2.24, 2.45) is 0 Å². The second kappa shape index (κ2) is 5.70. The summed E-state index contributed by atoms with van der Waals surface area (Å²) in [6.07, 6.45) is 1.82. The van der Waals surface area contributed by atoms with Crippen molar-refractivity contribution in [3.8, 4) is 0 Å². The van der Waals surface area contributed by atoms with Crippen LogP contribution < -0.4 is 5.32 Å². The van der Waals surface area contributed by atoms with Crippen LogP contribution in [0.3, 0.4) is 0 Å². The average Bonchev–Trinajstić information content (AvgIpc) is 2.91. The van der Waals surface area contributed by atoms with Gasteiger partial charge in [0.15, 0.2) is 0 Å². The Balaban J connectivity index is 2.11. The van der Waals surface area contributed by atoms with Crippen molar-refractivity contribution in [3.05, 3.63) is 65.2 Å². The molecule has 21 heavy (non-hydrogen) atoms. The van der Waals surface area contributed by atoms with Gasteiger partial charge in [0.05, 0.1) is 6.04 Å². The minimum absolute atomic E-state index is 0.0375. The van der Waals surface area contributed by atoms with Gasteiger partial charge in [-0.05, 0) is 43.7 Å². The van der Waals surface area contributed by atoms with Crippen LogP contribution >= 0.6 is 0 Å². The van der Waals surface area contributed by atoms with Gasteiger partial charge >= 0.3 is 0 Å². The zero-order valence-electron chi connectivity index (χ0n) is 12.7. The van der Waals surface area contributed by atoms with Crippen LogP contribution in [0, 0.1) is 13.8 Å². The summed E-state index contributed by atoms with van der Waals surface area (Å²) in [5, 5.41) is 4.65. The normalized spacial score (nSPS) is 12.7. The Kier molecular flexibility index (Phi) is 3.76. The number of furan rings is 1. The van der Waals surface area contributed by atoms with Crippen molar-refractivity contribution in [1.82, 2.24) is 10.3 Å². The van der Waals surface area contributed by atoms with E-state index in [9.17, 15) is 0 Å². The van der Waals surface area contributed by atoms with E-state index < -0.39 is 0 Å². The summed E-state index contributed by atoms with van der Waals surface area (Å²) in [7, 11) is 0. The fourth-order valence-electron chi connectivity index (χ4n) is 2.74. The van der Waals surface area contributed by atoms with Gasteiger partial charge in [0.25, 0.3) is 0 Å². The summed E-state index contributed by atoms with van der Waals surface area (Å²) >= 11 is 0. The van der Waals surface area contributed by atoms with Crippen molar-refractivity contribution < 1.29 is 4.42 Å². The number of rotatable bonds is 4. The summed E-state index contributed by atoms with van der Waals surface area (Å²) in [6.45, 7) is 7.09. The van der Waals surface area contributed by atoms with Gasteiger partial charge in [-0.25, -0.2) is 0 Å². The third kappa shape index (κ3) is 2.57. The summed E-state index contributed by atoms with van der Waals surface area (Å²) in [5.74, 6) is 0.942. The molecule has 1 unspecified atom stereocenters. The van der Waals surface area contributed by atoms with Crippen LogP contribution in [0.4, 0.5) is 0 Å². The van der Waals surface area contributed by atoms with Crippen LogP contribution in [-0.2, 0) is 0 Å². The van der Waals surface area contributed by atoms with Gasteiger partial charge < -0.3 is 9.73 Å².